The third-order valence-corrected chi connectivity index (χ3v) is 8.37. The molecule has 0 spiro atoms. The van der Waals surface area contributed by atoms with E-state index in [-0.39, 0.29) is 24.2 Å². The molecule has 0 aliphatic rings. The maximum Gasteiger partial charge on any atom is 0.143 e. The summed E-state index contributed by atoms with van der Waals surface area (Å²) in [6.07, 6.45) is 0. The van der Waals surface area contributed by atoms with Gasteiger partial charge in [0.25, 0.3) is 0 Å². The molecule has 0 unspecified atom stereocenters. The van der Waals surface area contributed by atoms with Crippen molar-refractivity contribution in [3.05, 3.63) is 145 Å². The molecule has 0 saturated carbocycles. The second kappa shape index (κ2) is 8.55. The summed E-state index contributed by atoms with van der Waals surface area (Å²) in [5, 5.41) is 9.67. The van der Waals surface area contributed by atoms with Crippen LogP contribution < -0.4 is 0 Å². The topological polar surface area (TPSA) is 13.1 Å². The Bertz CT molecular complexity index is 2640. The molecule has 0 bridgehead atoms. The van der Waals surface area contributed by atoms with E-state index in [1.807, 2.05) is 6.07 Å². The fraction of sp³-hybridized carbons (Fsp3) is 0. The van der Waals surface area contributed by atoms with E-state index in [1.165, 1.54) is 32.7 Å². The molecule has 0 aliphatic carbocycles. The molecule has 1 nitrogen and oxygen atoms in total. The normalized spacial score (nSPS) is 13.3. The minimum absolute atomic E-state index is 0.0572. The minimum Gasteiger partial charge on any atom is -0.455 e. The lowest BCUT2D eigenvalue weighted by Gasteiger charge is -2.18. The summed E-state index contributed by atoms with van der Waals surface area (Å²) in [6.45, 7) is 0. The summed E-state index contributed by atoms with van der Waals surface area (Å²) >= 11 is 0. The quantitative estimate of drug-likeness (QED) is 0.205. The second-order valence-corrected chi connectivity index (χ2v) is 10.5. The molecule has 1 aromatic heterocycles. The Morgan fingerprint density at radius 2 is 1.07 bits per heavy atom. The highest BCUT2D eigenvalue weighted by Crippen LogP contribution is 2.46. The maximum absolute atomic E-state index is 8.63. The maximum atomic E-state index is 8.63. The van der Waals surface area contributed by atoms with Crippen molar-refractivity contribution in [3.63, 3.8) is 0 Å². The van der Waals surface area contributed by atoms with Crippen molar-refractivity contribution < 1.29 is 9.90 Å². The van der Waals surface area contributed by atoms with E-state index in [9.17, 15) is 0 Å². The number of furan rings is 1. The third-order valence-electron chi connectivity index (χ3n) is 8.37. The summed E-state index contributed by atoms with van der Waals surface area (Å²) in [5.41, 5.74) is 5.72. The van der Waals surface area contributed by atoms with Crippen LogP contribution in [0.2, 0.25) is 0 Å². The van der Waals surface area contributed by atoms with Gasteiger partial charge < -0.3 is 4.42 Å². The SMILES string of the molecule is [2H]c1c([2H])c([2H])c2c(ccc3c4ccc(-c5c6ccccc6c(-c6cccc7ccccc67)c6ccccc56)cc4oc32)c1[2H]. The lowest BCUT2D eigenvalue weighted by Crippen LogP contribution is -1.91. The zero-order valence-electron chi connectivity index (χ0n) is 26.0. The molecule has 0 saturated heterocycles. The van der Waals surface area contributed by atoms with Gasteiger partial charge in [0.2, 0.25) is 0 Å². The van der Waals surface area contributed by atoms with Crippen LogP contribution in [0, 0.1) is 0 Å². The Labute approximate surface area is 242 Å². The Balaban J connectivity index is 1.36. The van der Waals surface area contributed by atoms with E-state index >= 15 is 0 Å². The van der Waals surface area contributed by atoms with E-state index in [4.69, 9.17) is 9.90 Å². The van der Waals surface area contributed by atoms with Gasteiger partial charge in [-0.15, -0.1) is 0 Å². The van der Waals surface area contributed by atoms with E-state index in [2.05, 4.69) is 109 Å². The van der Waals surface area contributed by atoms with Gasteiger partial charge >= 0.3 is 0 Å². The first kappa shape index (κ1) is 18.8. The molecule has 0 atom stereocenters. The van der Waals surface area contributed by atoms with Crippen LogP contribution in [0.3, 0.4) is 0 Å². The molecule has 8 aromatic carbocycles. The van der Waals surface area contributed by atoms with Gasteiger partial charge in [-0.25, -0.2) is 0 Å². The summed E-state index contributed by atoms with van der Waals surface area (Å²) in [4.78, 5) is 0. The number of hydrogen-bond acceptors (Lipinski definition) is 1. The number of benzene rings is 8. The fourth-order valence-corrected chi connectivity index (χ4v) is 6.59. The predicted octanol–water partition coefficient (Wildman–Crippen LogP) is 11.5. The largest absolute Gasteiger partial charge is 0.455 e. The lowest BCUT2D eigenvalue weighted by molar-refractivity contribution is 0.673. The van der Waals surface area contributed by atoms with E-state index in [1.54, 1.807) is 6.07 Å². The van der Waals surface area contributed by atoms with Crippen molar-refractivity contribution in [3.8, 4) is 22.3 Å². The van der Waals surface area contributed by atoms with Crippen molar-refractivity contribution in [1.29, 1.82) is 0 Å². The Morgan fingerprint density at radius 3 is 1.85 bits per heavy atom. The van der Waals surface area contributed by atoms with Gasteiger partial charge in [-0.2, -0.15) is 0 Å². The van der Waals surface area contributed by atoms with Crippen LogP contribution >= 0.6 is 0 Å². The molecular weight excluding hydrogens is 496 g/mol. The number of fused-ring (bicyclic) bond motifs is 8. The van der Waals surface area contributed by atoms with Gasteiger partial charge in [0.1, 0.15) is 11.2 Å². The average Bonchev–Trinajstić information content (AvgIpc) is 3.46. The zero-order chi connectivity index (χ0) is 30.4. The molecule has 190 valence electrons. The molecule has 0 radical (unpaired) electrons. The molecule has 9 rings (SSSR count). The summed E-state index contributed by atoms with van der Waals surface area (Å²) in [6, 6.07) is 41.5. The fourth-order valence-electron chi connectivity index (χ4n) is 6.59. The second-order valence-electron chi connectivity index (χ2n) is 10.5. The van der Waals surface area contributed by atoms with Gasteiger partial charge in [-0.1, -0.05) is 127 Å². The van der Waals surface area contributed by atoms with Crippen LogP contribution in [-0.2, 0) is 0 Å². The Kier molecular flexibility index (Phi) is 3.92. The Morgan fingerprint density at radius 1 is 0.439 bits per heavy atom. The zero-order valence-corrected chi connectivity index (χ0v) is 22.0. The highest BCUT2D eigenvalue weighted by atomic mass is 16.3. The van der Waals surface area contributed by atoms with Crippen molar-refractivity contribution in [2.45, 2.75) is 0 Å². The smallest absolute Gasteiger partial charge is 0.143 e. The van der Waals surface area contributed by atoms with Gasteiger partial charge in [0.15, 0.2) is 0 Å². The van der Waals surface area contributed by atoms with Crippen LogP contribution in [-0.4, -0.2) is 0 Å². The summed E-state index contributed by atoms with van der Waals surface area (Å²) < 4.78 is 39.9. The van der Waals surface area contributed by atoms with Crippen molar-refractivity contribution in [2.75, 3.05) is 0 Å². The van der Waals surface area contributed by atoms with E-state index in [0.717, 1.165) is 32.7 Å². The highest BCUT2D eigenvalue weighted by molar-refractivity contribution is 6.24. The molecule has 0 fully saturated rings. The van der Waals surface area contributed by atoms with Crippen LogP contribution in [0.4, 0.5) is 0 Å². The van der Waals surface area contributed by atoms with Crippen LogP contribution in [0.5, 0.6) is 0 Å². The van der Waals surface area contributed by atoms with Crippen molar-refractivity contribution >= 4 is 65.0 Å². The van der Waals surface area contributed by atoms with Crippen LogP contribution in [0.25, 0.3) is 87.3 Å². The molecule has 0 aliphatic heterocycles. The van der Waals surface area contributed by atoms with Crippen LogP contribution in [0.15, 0.2) is 150 Å². The number of rotatable bonds is 2. The molecule has 9 aromatic rings. The summed E-state index contributed by atoms with van der Waals surface area (Å²) in [7, 11) is 0. The lowest BCUT2D eigenvalue weighted by atomic mass is 9.84. The molecule has 1 heterocycles. The molecule has 41 heavy (non-hydrogen) atoms. The first-order chi connectivity index (χ1) is 22.0. The van der Waals surface area contributed by atoms with Crippen molar-refractivity contribution in [2.24, 2.45) is 0 Å². The first-order valence-electron chi connectivity index (χ1n) is 15.8. The van der Waals surface area contributed by atoms with Gasteiger partial charge in [0, 0.05) is 16.2 Å². The van der Waals surface area contributed by atoms with E-state index < -0.39 is 0 Å². The van der Waals surface area contributed by atoms with Gasteiger partial charge in [-0.05, 0) is 78.2 Å². The third kappa shape index (κ3) is 3.24. The molecular formula is C40H24O. The predicted molar refractivity (Wildman–Crippen MR) is 175 cm³/mol. The number of hydrogen-bond donors (Lipinski definition) is 0. The van der Waals surface area contributed by atoms with Gasteiger partial charge in [-0.3, -0.25) is 0 Å². The monoisotopic (exact) mass is 524 g/mol. The minimum atomic E-state index is -0.259. The first-order valence-corrected chi connectivity index (χ1v) is 13.8. The standard InChI is InChI=1S/C40H24O/c1-3-13-28-25(10-1)12-9-19-31(28)39-34-17-7-5-15-32(34)38(33-16-6-8-18-35(33)39)27-21-22-30-36-23-20-26-11-2-4-14-29(26)40(36)41-37(30)24-27/h1-24H/i2D,4D,11D,14D. The van der Waals surface area contributed by atoms with Crippen molar-refractivity contribution in [1.82, 2.24) is 0 Å². The average molecular weight is 525 g/mol. The van der Waals surface area contributed by atoms with Gasteiger partial charge in [0.05, 0.1) is 5.48 Å². The summed E-state index contributed by atoms with van der Waals surface area (Å²) in [5.74, 6) is 0. The molecule has 0 amide bonds. The molecule has 0 N–H and O–H groups in total. The van der Waals surface area contributed by atoms with E-state index in [0.29, 0.717) is 21.9 Å². The molecule has 1 heteroatoms. The highest BCUT2D eigenvalue weighted by Gasteiger charge is 2.19. The Hall–Kier alpha value is -5.40. The van der Waals surface area contributed by atoms with Crippen LogP contribution in [0.1, 0.15) is 5.48 Å².